The van der Waals surface area contributed by atoms with E-state index < -0.39 is 34.2 Å². The summed E-state index contributed by atoms with van der Waals surface area (Å²) in [5.41, 5.74) is 0. The second kappa shape index (κ2) is 19.3. The van der Waals surface area contributed by atoms with E-state index in [0.717, 1.165) is 38.5 Å². The van der Waals surface area contributed by atoms with Crippen molar-refractivity contribution in [3.8, 4) is 0 Å². The molecule has 0 bridgehead atoms. The second-order valence-electron chi connectivity index (χ2n) is 13.4. The number of carbonyl (C=O) groups excluding carboxylic acids is 1. The number of rotatable bonds is 24. The molecule has 0 aromatic rings. The Morgan fingerprint density at radius 3 is 2.10 bits per heavy atom. The topological polar surface area (TPSA) is 82.1 Å². The molecular weight excluding hydrogens is 537 g/mol. The van der Waals surface area contributed by atoms with Crippen LogP contribution in [0.5, 0.6) is 0 Å². The van der Waals surface area contributed by atoms with Gasteiger partial charge in [0.2, 0.25) is 0 Å². The molecule has 0 heterocycles. The summed E-state index contributed by atoms with van der Waals surface area (Å²) in [5.74, 6) is -2.34. The lowest BCUT2D eigenvalue weighted by Gasteiger charge is -2.51. The molecule has 0 aliphatic rings. The minimum Gasteiger partial charge on any atom is -0.481 e. The van der Waals surface area contributed by atoms with Crippen LogP contribution in [0.25, 0.3) is 0 Å². The van der Waals surface area contributed by atoms with Crippen LogP contribution >= 0.6 is 0 Å². The van der Waals surface area contributed by atoms with Crippen molar-refractivity contribution in [2.24, 2.45) is 5.92 Å². The van der Waals surface area contributed by atoms with Gasteiger partial charge in [0.15, 0.2) is 8.32 Å². The van der Waals surface area contributed by atoms with Crippen LogP contribution < -0.4 is 0 Å². The Hall–Kier alpha value is -0.966. The van der Waals surface area contributed by atoms with E-state index in [0.29, 0.717) is 13.2 Å². The third-order valence-corrected chi connectivity index (χ3v) is 19.0. The smallest absolute Gasteiger partial charge is 0.310 e. The van der Waals surface area contributed by atoms with Gasteiger partial charge in [-0.1, -0.05) is 97.5 Å². The molecule has 0 aliphatic heterocycles. The lowest BCUT2D eigenvalue weighted by Crippen LogP contribution is -2.59. The van der Waals surface area contributed by atoms with E-state index in [1.54, 1.807) is 6.08 Å². The summed E-state index contributed by atoms with van der Waals surface area (Å²) in [6, 6.07) is 1.30. The number of unbranched alkanes of at least 4 members (excludes halogenated alkanes) is 5. The number of allylic oxidation sites excluding steroid dienone is 1. The van der Waals surface area contributed by atoms with Gasteiger partial charge in [-0.25, -0.2) is 0 Å². The molecule has 0 aromatic carbocycles. The predicted octanol–water partition coefficient (Wildman–Crippen LogP) is 9.16. The standard InChI is InChI=1S/C32H64O6Si2/c1-11-14-16-17-18-19-21-28(30(34)35)27-29(33)37-25-24-36-23-20-22-32(6,13-3)40(9,10)38-31(4,5)39(7,8)26-15-12-2/h19,21,28H,11-18,20,22-27H2,1-10H3,(H,34,35)/b21-19+. The van der Waals surface area contributed by atoms with Gasteiger partial charge in [-0.2, -0.15) is 0 Å². The molecule has 0 amide bonds. The van der Waals surface area contributed by atoms with E-state index in [1.807, 2.05) is 6.08 Å². The molecule has 40 heavy (non-hydrogen) atoms. The van der Waals surface area contributed by atoms with Crippen molar-refractivity contribution in [3.63, 3.8) is 0 Å². The zero-order chi connectivity index (χ0) is 30.9. The highest BCUT2D eigenvalue weighted by atomic mass is 28.4. The summed E-state index contributed by atoms with van der Waals surface area (Å²) >= 11 is 0. The van der Waals surface area contributed by atoms with Crippen molar-refractivity contribution in [2.75, 3.05) is 19.8 Å². The molecule has 0 saturated carbocycles. The van der Waals surface area contributed by atoms with Gasteiger partial charge in [-0.15, -0.1) is 0 Å². The highest BCUT2D eigenvalue weighted by molar-refractivity contribution is 6.82. The van der Waals surface area contributed by atoms with Gasteiger partial charge in [0.05, 0.1) is 27.0 Å². The Bertz CT molecular complexity index is 750. The van der Waals surface area contributed by atoms with Gasteiger partial charge < -0.3 is 19.0 Å². The Labute approximate surface area is 249 Å². The van der Waals surface area contributed by atoms with Gasteiger partial charge >= 0.3 is 11.9 Å². The van der Waals surface area contributed by atoms with Crippen molar-refractivity contribution in [2.45, 2.75) is 155 Å². The van der Waals surface area contributed by atoms with E-state index in [9.17, 15) is 14.7 Å². The lowest BCUT2D eigenvalue weighted by atomic mass is 10.0. The van der Waals surface area contributed by atoms with Crippen LogP contribution in [-0.4, -0.2) is 58.5 Å². The maximum atomic E-state index is 12.2. The van der Waals surface area contributed by atoms with Gasteiger partial charge in [-0.3, -0.25) is 9.59 Å². The number of esters is 1. The van der Waals surface area contributed by atoms with E-state index >= 15 is 0 Å². The molecule has 6 nitrogen and oxygen atoms in total. The number of carboxylic acids is 1. The number of aliphatic carboxylic acids is 1. The molecule has 236 valence electrons. The summed E-state index contributed by atoms with van der Waals surface area (Å²) < 4.78 is 18.1. The van der Waals surface area contributed by atoms with Gasteiger partial charge in [0.1, 0.15) is 6.61 Å². The normalized spacial score (nSPS) is 15.2. The van der Waals surface area contributed by atoms with Crippen molar-refractivity contribution < 1.29 is 28.6 Å². The summed E-state index contributed by atoms with van der Waals surface area (Å²) in [6.07, 6.45) is 14.3. The minimum atomic E-state index is -2.02. The monoisotopic (exact) mass is 600 g/mol. The van der Waals surface area contributed by atoms with Crippen LogP contribution in [0.3, 0.4) is 0 Å². The third kappa shape index (κ3) is 14.3. The summed E-state index contributed by atoms with van der Waals surface area (Å²) in [6.45, 7) is 24.5. The fourth-order valence-corrected chi connectivity index (χ4v) is 11.9. The van der Waals surface area contributed by atoms with Crippen LogP contribution in [0.2, 0.25) is 37.3 Å². The molecular formula is C32H64O6Si2. The van der Waals surface area contributed by atoms with Crippen LogP contribution in [0, 0.1) is 5.92 Å². The SMILES string of the molecule is CCCCCC/C=C/C(CC(=O)OCCOCCCC(C)(CC)[Si](C)(C)OC(C)(C)[Si](C)(C)CCCC)C(=O)O. The molecule has 0 fully saturated rings. The molecule has 2 atom stereocenters. The zero-order valence-electron chi connectivity index (χ0n) is 27.8. The van der Waals surface area contributed by atoms with E-state index in [4.69, 9.17) is 13.9 Å². The highest BCUT2D eigenvalue weighted by Crippen LogP contribution is 2.48. The minimum absolute atomic E-state index is 0.0568. The Balaban J connectivity index is 4.57. The molecule has 0 saturated heterocycles. The first-order valence-electron chi connectivity index (χ1n) is 15.9. The van der Waals surface area contributed by atoms with Crippen molar-refractivity contribution >= 4 is 28.3 Å². The number of ether oxygens (including phenoxy) is 2. The number of hydrogen-bond acceptors (Lipinski definition) is 5. The van der Waals surface area contributed by atoms with Crippen LogP contribution in [0.4, 0.5) is 0 Å². The first kappa shape index (κ1) is 39.0. The second-order valence-corrected chi connectivity index (χ2v) is 23.3. The average molecular weight is 601 g/mol. The lowest BCUT2D eigenvalue weighted by molar-refractivity contribution is -0.151. The van der Waals surface area contributed by atoms with E-state index in [2.05, 4.69) is 67.7 Å². The van der Waals surface area contributed by atoms with Crippen molar-refractivity contribution in [1.29, 1.82) is 0 Å². The summed E-state index contributed by atoms with van der Waals surface area (Å²) in [7, 11) is -3.55. The number of hydrogen-bond donors (Lipinski definition) is 1. The zero-order valence-corrected chi connectivity index (χ0v) is 29.8. The van der Waals surface area contributed by atoms with Crippen molar-refractivity contribution in [1.82, 2.24) is 0 Å². The Kier molecular flexibility index (Phi) is 18.8. The first-order chi connectivity index (χ1) is 18.6. The maximum absolute atomic E-state index is 12.2. The number of carboxylic acid groups (broad SMARTS) is 1. The summed E-state index contributed by atoms with van der Waals surface area (Å²) in [4.78, 5) is 23.7. The Morgan fingerprint density at radius 1 is 0.875 bits per heavy atom. The highest BCUT2D eigenvalue weighted by Gasteiger charge is 2.50. The molecule has 0 spiro atoms. The molecule has 1 N–H and O–H groups in total. The molecule has 0 rings (SSSR count). The quantitative estimate of drug-likeness (QED) is 0.0515. The Morgan fingerprint density at radius 2 is 1.52 bits per heavy atom. The predicted molar refractivity (Wildman–Crippen MR) is 173 cm³/mol. The largest absolute Gasteiger partial charge is 0.481 e. The third-order valence-electron chi connectivity index (χ3n) is 9.33. The summed E-state index contributed by atoms with van der Waals surface area (Å²) in [5, 5.41) is 9.51. The molecule has 8 heteroatoms. The fraction of sp³-hybridized carbons (Fsp3) is 0.875. The first-order valence-corrected chi connectivity index (χ1v) is 22.0. The molecule has 0 aliphatic carbocycles. The van der Waals surface area contributed by atoms with Crippen LogP contribution in [-0.2, 0) is 23.5 Å². The van der Waals surface area contributed by atoms with Crippen LogP contribution in [0.15, 0.2) is 12.2 Å². The average Bonchev–Trinajstić information content (AvgIpc) is 2.87. The molecule has 0 radical (unpaired) electrons. The van der Waals surface area contributed by atoms with Gasteiger partial charge in [0, 0.05) is 11.8 Å². The van der Waals surface area contributed by atoms with Crippen molar-refractivity contribution in [3.05, 3.63) is 12.2 Å². The fourth-order valence-electron chi connectivity index (χ4n) is 5.03. The van der Waals surface area contributed by atoms with E-state index in [-0.39, 0.29) is 23.3 Å². The van der Waals surface area contributed by atoms with E-state index in [1.165, 1.54) is 31.7 Å². The van der Waals surface area contributed by atoms with Crippen LogP contribution in [0.1, 0.15) is 112 Å². The molecule has 0 aromatic heterocycles. The van der Waals surface area contributed by atoms with Gasteiger partial charge in [0.25, 0.3) is 0 Å². The van der Waals surface area contributed by atoms with Gasteiger partial charge in [-0.05, 0) is 57.7 Å². The number of carbonyl (C=O) groups is 2. The molecule has 2 unspecified atom stereocenters. The maximum Gasteiger partial charge on any atom is 0.310 e.